The van der Waals surface area contributed by atoms with E-state index in [0.717, 1.165) is 6.42 Å². The maximum absolute atomic E-state index is 3.49. The Bertz CT molecular complexity index is 6.85. The Kier molecular flexibility index (Phi) is 69.1. The van der Waals surface area contributed by atoms with Crippen LogP contribution in [0.3, 0.4) is 0 Å². The number of rotatable bonds is 0. The first-order valence-corrected chi connectivity index (χ1v) is 1.21. The largest absolute Gasteiger partial charge is 0.344 e. The van der Waals surface area contributed by atoms with E-state index in [0.29, 0.717) is 0 Å². The van der Waals surface area contributed by atoms with E-state index in [1.54, 1.807) is 0 Å². The smallest absolute Gasteiger partial charge is 0 e. The molecule has 0 aromatic heterocycles. The van der Waals surface area contributed by atoms with Crippen molar-refractivity contribution in [2.45, 2.75) is 13.3 Å². The van der Waals surface area contributed by atoms with Gasteiger partial charge in [0.2, 0.25) is 0 Å². The van der Waals surface area contributed by atoms with Crippen LogP contribution in [0.1, 0.15) is 13.3 Å². The fraction of sp³-hybridized carbons (Fsp3) is 0.667. The van der Waals surface area contributed by atoms with Gasteiger partial charge in [-0.05, 0) is 0 Å². The molecule has 0 amide bonds. The van der Waals surface area contributed by atoms with Crippen molar-refractivity contribution in [3.05, 3.63) is 6.92 Å². The number of halogens is 1. The molecule has 0 fully saturated rings. The van der Waals surface area contributed by atoms with E-state index >= 15 is 0 Å². The molecule has 0 aliphatic carbocycles. The first kappa shape index (κ1) is 16.8. The minimum absolute atomic E-state index is 0. The van der Waals surface area contributed by atoms with Gasteiger partial charge in [-0.3, -0.25) is 0 Å². The van der Waals surface area contributed by atoms with Crippen LogP contribution in [-0.4, -0.2) is 0 Å². The minimum Gasteiger partial charge on any atom is -0.344 e. The molecule has 0 aliphatic heterocycles. The summed E-state index contributed by atoms with van der Waals surface area (Å²) in [6, 6.07) is 0. The molecule has 2 heteroatoms. The van der Waals surface area contributed by atoms with Crippen LogP contribution in [0.5, 0.6) is 0 Å². The summed E-state index contributed by atoms with van der Waals surface area (Å²) in [4.78, 5) is 0. The second kappa shape index (κ2) is 20.6. The van der Waals surface area contributed by atoms with Crippen LogP contribution in [-0.2, 0) is 19.5 Å². The molecule has 0 bridgehead atoms. The van der Waals surface area contributed by atoms with Crippen molar-refractivity contribution >= 4 is 12.4 Å². The molecule has 0 radical (unpaired) electrons. The molecule has 0 saturated carbocycles. The predicted molar refractivity (Wildman–Crippen MR) is 22.9 cm³/mol. The van der Waals surface area contributed by atoms with Crippen LogP contribution in [0.2, 0.25) is 0 Å². The molecular weight excluding hydrogens is 137 g/mol. The first-order chi connectivity index (χ1) is 1.41. The van der Waals surface area contributed by atoms with E-state index < -0.39 is 0 Å². The molecule has 0 unspecified atom stereocenters. The summed E-state index contributed by atoms with van der Waals surface area (Å²) >= 11 is 0. The van der Waals surface area contributed by atoms with E-state index in [9.17, 15) is 0 Å². The molecule has 0 atom stereocenters. The summed E-state index contributed by atoms with van der Waals surface area (Å²) in [5, 5.41) is 0. The maximum atomic E-state index is 3.49. The van der Waals surface area contributed by atoms with Crippen molar-refractivity contribution in [3.8, 4) is 0 Å². The zero-order valence-electron chi connectivity index (χ0n) is 3.53. The molecule has 5 heavy (non-hydrogen) atoms. The van der Waals surface area contributed by atoms with Gasteiger partial charge >= 0.3 is 0 Å². The Morgan fingerprint density at radius 1 is 1.60 bits per heavy atom. The van der Waals surface area contributed by atoms with E-state index in [1.165, 1.54) is 0 Å². The molecular formula is C3H8ClZn-. The molecule has 0 saturated heterocycles. The fourth-order valence-corrected chi connectivity index (χ4v) is 0. The SMILES string of the molecule is Cl.[CH2-]CC.[Zn]. The second-order valence-corrected chi connectivity index (χ2v) is 0.500. The van der Waals surface area contributed by atoms with Crippen LogP contribution in [0.25, 0.3) is 0 Å². The molecule has 0 N–H and O–H groups in total. The van der Waals surface area contributed by atoms with Crippen LogP contribution in [0.4, 0.5) is 0 Å². The van der Waals surface area contributed by atoms with Gasteiger partial charge in [-0.2, -0.15) is 6.42 Å². The number of hydrogen-bond donors (Lipinski definition) is 0. The number of hydrogen-bond acceptors (Lipinski definition) is 0. The fourth-order valence-electron chi connectivity index (χ4n) is 0. The average molecular weight is 145 g/mol. The van der Waals surface area contributed by atoms with Crippen LogP contribution in [0.15, 0.2) is 0 Å². The Labute approximate surface area is 52.5 Å². The summed E-state index contributed by atoms with van der Waals surface area (Å²) < 4.78 is 0. The van der Waals surface area contributed by atoms with Crippen molar-refractivity contribution in [3.63, 3.8) is 0 Å². The summed E-state index contributed by atoms with van der Waals surface area (Å²) in [6.45, 7) is 5.50. The van der Waals surface area contributed by atoms with Crippen molar-refractivity contribution in [2.24, 2.45) is 0 Å². The summed E-state index contributed by atoms with van der Waals surface area (Å²) in [5.74, 6) is 0. The molecule has 30 valence electrons. The third kappa shape index (κ3) is 50.0. The summed E-state index contributed by atoms with van der Waals surface area (Å²) in [7, 11) is 0. The van der Waals surface area contributed by atoms with Crippen molar-refractivity contribution < 1.29 is 19.5 Å². The normalized spacial score (nSPS) is 3.60. The summed E-state index contributed by atoms with van der Waals surface area (Å²) in [5.41, 5.74) is 0. The molecule has 0 aromatic carbocycles. The minimum atomic E-state index is 0. The predicted octanol–water partition coefficient (Wildman–Crippen LogP) is 1.65. The van der Waals surface area contributed by atoms with Gasteiger partial charge in [-0.1, -0.05) is 6.92 Å². The molecule has 0 nitrogen and oxygen atoms in total. The van der Waals surface area contributed by atoms with Gasteiger partial charge in [-0.25, -0.2) is 0 Å². The maximum Gasteiger partial charge on any atom is 0 e. The van der Waals surface area contributed by atoms with E-state index in [-0.39, 0.29) is 31.9 Å². The van der Waals surface area contributed by atoms with Gasteiger partial charge < -0.3 is 6.92 Å². The van der Waals surface area contributed by atoms with Crippen LogP contribution < -0.4 is 0 Å². The van der Waals surface area contributed by atoms with Crippen LogP contribution >= 0.6 is 12.4 Å². The molecule has 0 heterocycles. The Morgan fingerprint density at radius 3 is 1.60 bits per heavy atom. The third-order valence-corrected chi connectivity index (χ3v) is 0. The molecule has 0 rings (SSSR count). The Balaban J connectivity index is -0.0000000200. The topological polar surface area (TPSA) is 0 Å². The van der Waals surface area contributed by atoms with Gasteiger partial charge in [0.25, 0.3) is 0 Å². The van der Waals surface area contributed by atoms with Gasteiger partial charge in [-0.15, -0.1) is 12.4 Å². The monoisotopic (exact) mass is 143 g/mol. The molecule has 0 spiro atoms. The molecule has 0 aliphatic rings. The Morgan fingerprint density at radius 2 is 1.60 bits per heavy atom. The van der Waals surface area contributed by atoms with Gasteiger partial charge in [0.15, 0.2) is 0 Å². The first-order valence-electron chi connectivity index (χ1n) is 1.21. The third-order valence-electron chi connectivity index (χ3n) is 0. The van der Waals surface area contributed by atoms with Crippen molar-refractivity contribution in [2.75, 3.05) is 0 Å². The van der Waals surface area contributed by atoms with E-state index in [4.69, 9.17) is 0 Å². The Hall–Kier alpha value is 0.913. The van der Waals surface area contributed by atoms with Gasteiger partial charge in [0.1, 0.15) is 0 Å². The van der Waals surface area contributed by atoms with Crippen molar-refractivity contribution in [1.29, 1.82) is 0 Å². The average Bonchev–Trinajstić information content (AvgIpc) is 0.918. The van der Waals surface area contributed by atoms with E-state index in [2.05, 4.69) is 6.92 Å². The van der Waals surface area contributed by atoms with Crippen molar-refractivity contribution in [1.82, 2.24) is 0 Å². The quantitative estimate of drug-likeness (QED) is 0.359. The van der Waals surface area contributed by atoms with Crippen LogP contribution in [0, 0.1) is 6.92 Å². The summed E-state index contributed by atoms with van der Waals surface area (Å²) in [6.07, 6.45) is 1.00. The second-order valence-electron chi connectivity index (χ2n) is 0.500. The standard InChI is InChI=1S/C3H7.ClH.Zn/c1-3-2;;/h1,3H2,2H3;1H;/q-1;;. The zero-order chi connectivity index (χ0) is 2.71. The van der Waals surface area contributed by atoms with Gasteiger partial charge in [0, 0.05) is 19.5 Å². The molecule has 0 aromatic rings. The van der Waals surface area contributed by atoms with E-state index in [1.807, 2.05) is 6.92 Å². The van der Waals surface area contributed by atoms with Gasteiger partial charge in [0.05, 0.1) is 0 Å². The zero-order valence-corrected chi connectivity index (χ0v) is 7.31.